The van der Waals surface area contributed by atoms with Crippen molar-refractivity contribution in [2.45, 2.75) is 19.3 Å². The molecular weight excluding hydrogens is 472 g/mol. The summed E-state index contributed by atoms with van der Waals surface area (Å²) in [4.78, 5) is 12.1. The third-order valence-corrected chi connectivity index (χ3v) is 5.85. The van der Waals surface area contributed by atoms with Gasteiger partial charge in [-0.25, -0.2) is 5.43 Å². The van der Waals surface area contributed by atoms with E-state index in [1.165, 1.54) is 11.8 Å². The molecule has 34 heavy (non-hydrogen) atoms. The summed E-state index contributed by atoms with van der Waals surface area (Å²) in [5.74, 6) is 2.92. The molecule has 0 saturated heterocycles. The maximum Gasteiger partial charge on any atom is 0.250 e. The molecule has 0 saturated carbocycles. The van der Waals surface area contributed by atoms with Gasteiger partial charge in [-0.15, -0.1) is 11.8 Å². The zero-order valence-electron chi connectivity index (χ0n) is 19.1. The van der Waals surface area contributed by atoms with Gasteiger partial charge in [-0.3, -0.25) is 4.79 Å². The summed E-state index contributed by atoms with van der Waals surface area (Å²) in [7, 11) is 1.64. The summed E-state index contributed by atoms with van der Waals surface area (Å²) >= 11 is 7.55. The minimum Gasteiger partial charge on any atom is -0.497 e. The van der Waals surface area contributed by atoms with Gasteiger partial charge in [0.2, 0.25) is 5.91 Å². The molecule has 0 unspecified atom stereocenters. The van der Waals surface area contributed by atoms with Gasteiger partial charge in [0.1, 0.15) is 12.4 Å². The first-order valence-corrected chi connectivity index (χ1v) is 12.3. The van der Waals surface area contributed by atoms with Gasteiger partial charge in [0.25, 0.3) is 0 Å². The van der Waals surface area contributed by atoms with Crippen molar-refractivity contribution in [3.05, 3.63) is 88.4 Å². The summed E-state index contributed by atoms with van der Waals surface area (Å²) in [5.41, 5.74) is 5.43. The molecule has 8 heteroatoms. The van der Waals surface area contributed by atoms with Gasteiger partial charge < -0.3 is 14.2 Å². The number of rotatable bonds is 12. The Kier molecular flexibility index (Phi) is 10.1. The van der Waals surface area contributed by atoms with E-state index >= 15 is 0 Å². The fourth-order valence-corrected chi connectivity index (χ4v) is 3.97. The van der Waals surface area contributed by atoms with Crippen molar-refractivity contribution in [1.29, 1.82) is 0 Å². The molecule has 0 bridgehead atoms. The summed E-state index contributed by atoms with van der Waals surface area (Å²) in [5, 5.41) is 4.72. The number of hydrazone groups is 1. The SMILES string of the molecule is CCOc1cc(/C=N/NC(=O)CSCc2ccc(OC)cc2)ccc1OCc1cccc(Cl)c1. The highest BCUT2D eigenvalue weighted by molar-refractivity contribution is 7.99. The first kappa shape index (κ1) is 25.5. The summed E-state index contributed by atoms with van der Waals surface area (Å²) in [6, 6.07) is 20.8. The Bertz CT molecular complexity index is 1110. The van der Waals surface area contributed by atoms with E-state index in [9.17, 15) is 4.79 Å². The van der Waals surface area contributed by atoms with Crippen LogP contribution in [0.3, 0.4) is 0 Å². The Hall–Kier alpha value is -3.16. The predicted octanol–water partition coefficient (Wildman–Crippen LogP) is 5.71. The van der Waals surface area contributed by atoms with Crippen molar-refractivity contribution in [2.75, 3.05) is 19.5 Å². The van der Waals surface area contributed by atoms with E-state index < -0.39 is 0 Å². The lowest BCUT2D eigenvalue weighted by Crippen LogP contribution is -2.19. The molecule has 1 amide bonds. The molecule has 0 aliphatic rings. The lowest BCUT2D eigenvalue weighted by molar-refractivity contribution is -0.118. The van der Waals surface area contributed by atoms with E-state index in [0.29, 0.717) is 35.5 Å². The fraction of sp³-hybridized carbons (Fsp3) is 0.231. The number of amides is 1. The zero-order chi connectivity index (χ0) is 24.2. The quantitative estimate of drug-likeness (QED) is 0.256. The van der Waals surface area contributed by atoms with Gasteiger partial charge >= 0.3 is 0 Å². The second kappa shape index (κ2) is 13.5. The maximum atomic E-state index is 12.1. The van der Waals surface area contributed by atoms with Crippen molar-refractivity contribution in [1.82, 2.24) is 5.43 Å². The molecule has 0 heterocycles. The van der Waals surface area contributed by atoms with Crippen LogP contribution in [0.15, 0.2) is 71.8 Å². The van der Waals surface area contributed by atoms with Crippen LogP contribution in [0.1, 0.15) is 23.6 Å². The van der Waals surface area contributed by atoms with Crippen molar-refractivity contribution >= 4 is 35.5 Å². The molecule has 0 aliphatic heterocycles. The van der Waals surface area contributed by atoms with Gasteiger partial charge in [-0.1, -0.05) is 35.9 Å². The molecule has 3 aromatic rings. The van der Waals surface area contributed by atoms with E-state index in [1.807, 2.05) is 73.7 Å². The highest BCUT2D eigenvalue weighted by atomic mass is 35.5. The molecule has 0 radical (unpaired) electrons. The Balaban J connectivity index is 1.49. The van der Waals surface area contributed by atoms with E-state index in [4.69, 9.17) is 25.8 Å². The number of hydrogen-bond acceptors (Lipinski definition) is 6. The van der Waals surface area contributed by atoms with Gasteiger partial charge in [-0.2, -0.15) is 5.10 Å². The normalized spacial score (nSPS) is 10.8. The molecular formula is C26H27ClN2O4S. The molecule has 0 aromatic heterocycles. The van der Waals surface area contributed by atoms with Gasteiger partial charge in [0.05, 0.1) is 25.7 Å². The average Bonchev–Trinajstić information content (AvgIpc) is 2.84. The first-order chi connectivity index (χ1) is 16.6. The standard InChI is InChI=1S/C26H27ClN2O4S/c1-3-32-25-14-20(9-12-24(25)33-16-21-5-4-6-22(27)13-21)15-28-29-26(30)18-34-17-19-7-10-23(31-2)11-8-19/h4-15H,3,16-18H2,1-2H3,(H,29,30)/b28-15+. The highest BCUT2D eigenvalue weighted by Crippen LogP contribution is 2.29. The lowest BCUT2D eigenvalue weighted by atomic mass is 10.2. The molecule has 3 rings (SSSR count). The van der Waals surface area contributed by atoms with E-state index in [2.05, 4.69) is 10.5 Å². The van der Waals surface area contributed by atoms with Crippen LogP contribution in [0.5, 0.6) is 17.2 Å². The Labute approximate surface area is 209 Å². The van der Waals surface area contributed by atoms with Crippen LogP contribution in [0, 0.1) is 0 Å². The monoisotopic (exact) mass is 498 g/mol. The van der Waals surface area contributed by atoms with Crippen LogP contribution in [-0.4, -0.2) is 31.6 Å². The molecule has 0 spiro atoms. The molecule has 0 fully saturated rings. The van der Waals surface area contributed by atoms with E-state index in [0.717, 1.165) is 28.2 Å². The van der Waals surface area contributed by atoms with Gasteiger partial charge in [0, 0.05) is 10.8 Å². The molecule has 178 valence electrons. The maximum absolute atomic E-state index is 12.1. The number of thioether (sulfide) groups is 1. The van der Waals surface area contributed by atoms with Crippen molar-refractivity contribution < 1.29 is 19.0 Å². The Morgan fingerprint density at radius 1 is 1.03 bits per heavy atom. The number of ether oxygens (including phenoxy) is 3. The number of carbonyl (C=O) groups is 1. The van der Waals surface area contributed by atoms with Gasteiger partial charge in [0.15, 0.2) is 11.5 Å². The van der Waals surface area contributed by atoms with Crippen LogP contribution in [0.2, 0.25) is 5.02 Å². The minimum absolute atomic E-state index is 0.165. The molecule has 1 N–H and O–H groups in total. The number of hydrogen-bond donors (Lipinski definition) is 1. The lowest BCUT2D eigenvalue weighted by Gasteiger charge is -2.12. The number of methoxy groups -OCH3 is 1. The van der Waals surface area contributed by atoms with Crippen LogP contribution in [-0.2, 0) is 17.2 Å². The Morgan fingerprint density at radius 2 is 1.85 bits per heavy atom. The minimum atomic E-state index is -0.165. The van der Waals surface area contributed by atoms with Crippen molar-refractivity contribution in [3.8, 4) is 17.2 Å². The van der Waals surface area contributed by atoms with Crippen molar-refractivity contribution in [2.24, 2.45) is 5.10 Å². The van der Waals surface area contributed by atoms with Crippen molar-refractivity contribution in [3.63, 3.8) is 0 Å². The number of halogens is 1. The van der Waals surface area contributed by atoms with Crippen LogP contribution < -0.4 is 19.6 Å². The Morgan fingerprint density at radius 3 is 2.59 bits per heavy atom. The van der Waals surface area contributed by atoms with Crippen LogP contribution in [0.4, 0.5) is 0 Å². The number of benzene rings is 3. The largest absolute Gasteiger partial charge is 0.497 e. The van der Waals surface area contributed by atoms with Gasteiger partial charge in [-0.05, 0) is 66.1 Å². The summed E-state index contributed by atoms with van der Waals surface area (Å²) < 4.78 is 16.8. The van der Waals surface area contributed by atoms with Crippen LogP contribution in [0.25, 0.3) is 0 Å². The topological polar surface area (TPSA) is 69.2 Å². The third-order valence-electron chi connectivity index (χ3n) is 4.61. The second-order valence-corrected chi connectivity index (χ2v) is 8.61. The molecule has 0 atom stereocenters. The van der Waals surface area contributed by atoms with E-state index in [1.54, 1.807) is 13.3 Å². The van der Waals surface area contributed by atoms with E-state index in [-0.39, 0.29) is 5.91 Å². The smallest absolute Gasteiger partial charge is 0.250 e. The molecule has 3 aromatic carbocycles. The number of nitrogens with zero attached hydrogens (tertiary/aromatic N) is 1. The summed E-state index contributed by atoms with van der Waals surface area (Å²) in [6.45, 7) is 2.78. The molecule has 6 nitrogen and oxygen atoms in total. The highest BCUT2D eigenvalue weighted by Gasteiger charge is 2.07. The average molecular weight is 499 g/mol. The second-order valence-electron chi connectivity index (χ2n) is 7.19. The number of carbonyl (C=O) groups excluding carboxylic acids is 1. The predicted molar refractivity (Wildman–Crippen MR) is 138 cm³/mol. The first-order valence-electron chi connectivity index (χ1n) is 10.7. The number of nitrogens with one attached hydrogen (secondary N) is 1. The third kappa shape index (κ3) is 8.32. The van der Waals surface area contributed by atoms with Crippen LogP contribution >= 0.6 is 23.4 Å². The fourth-order valence-electron chi connectivity index (χ4n) is 2.97. The summed E-state index contributed by atoms with van der Waals surface area (Å²) in [6.07, 6.45) is 1.58. The molecule has 0 aliphatic carbocycles. The zero-order valence-corrected chi connectivity index (χ0v) is 20.7.